The predicted octanol–water partition coefficient (Wildman–Crippen LogP) is 2.23. The smallest absolute Gasteiger partial charge is 0.347 e. The van der Waals surface area contributed by atoms with Crippen LogP contribution in [-0.4, -0.2) is 47.5 Å². The van der Waals surface area contributed by atoms with Gasteiger partial charge in [0.25, 0.3) is 0 Å². The maximum Gasteiger partial charge on any atom is 0.405 e. The highest BCUT2D eigenvalue weighted by atomic mass is 32.1. The number of rotatable bonds is 4. The molecule has 0 aromatic carbocycles. The highest BCUT2D eigenvalue weighted by Crippen LogP contribution is 2.29. The quantitative estimate of drug-likeness (QED) is 0.848. The van der Waals surface area contributed by atoms with Crippen molar-refractivity contribution >= 4 is 23.2 Å². The number of piperidine rings is 1. The number of alkyl halides is 3. The number of thiazole rings is 1. The molecule has 1 N–H and O–H groups in total. The molecule has 0 bridgehead atoms. The second-order valence-electron chi connectivity index (χ2n) is 5.57. The molecule has 23 heavy (non-hydrogen) atoms. The average molecular weight is 349 g/mol. The van der Waals surface area contributed by atoms with Crippen LogP contribution in [0.2, 0.25) is 0 Å². The zero-order chi connectivity index (χ0) is 17.0. The Morgan fingerprint density at radius 1 is 1.48 bits per heavy atom. The fourth-order valence-corrected chi connectivity index (χ4v) is 3.40. The van der Waals surface area contributed by atoms with Gasteiger partial charge in [0.2, 0.25) is 11.8 Å². The lowest BCUT2D eigenvalue weighted by Gasteiger charge is -2.31. The normalized spacial score (nSPS) is 18.8. The highest BCUT2D eigenvalue weighted by molar-refractivity contribution is 7.09. The summed E-state index contributed by atoms with van der Waals surface area (Å²) in [6.45, 7) is 1.46. The lowest BCUT2D eigenvalue weighted by molar-refractivity contribution is -0.143. The van der Waals surface area contributed by atoms with Crippen LogP contribution in [-0.2, 0) is 9.59 Å². The minimum atomic E-state index is -4.47. The number of amides is 2. The molecular weight excluding hydrogens is 331 g/mol. The molecule has 5 nitrogen and oxygen atoms in total. The van der Waals surface area contributed by atoms with Crippen LogP contribution < -0.4 is 5.32 Å². The van der Waals surface area contributed by atoms with E-state index >= 15 is 0 Å². The lowest BCUT2D eigenvalue weighted by Crippen LogP contribution is -2.42. The topological polar surface area (TPSA) is 62.3 Å². The molecule has 1 aliphatic rings. The first-order chi connectivity index (χ1) is 10.7. The number of nitrogens with one attached hydrogen (secondary N) is 1. The lowest BCUT2D eigenvalue weighted by atomic mass is 9.98. The van der Waals surface area contributed by atoms with E-state index in [0.717, 1.165) is 23.5 Å². The molecule has 0 spiro atoms. The predicted molar refractivity (Wildman–Crippen MR) is 79.1 cm³/mol. The number of hydrogen-bond donors (Lipinski definition) is 1. The third-order valence-electron chi connectivity index (χ3n) is 3.56. The summed E-state index contributed by atoms with van der Waals surface area (Å²) in [4.78, 5) is 29.5. The van der Waals surface area contributed by atoms with Gasteiger partial charge in [-0.2, -0.15) is 13.2 Å². The van der Waals surface area contributed by atoms with E-state index in [1.54, 1.807) is 16.7 Å². The summed E-state index contributed by atoms with van der Waals surface area (Å²) in [5.41, 5.74) is 0.931. The van der Waals surface area contributed by atoms with Gasteiger partial charge in [-0.3, -0.25) is 9.59 Å². The third kappa shape index (κ3) is 5.49. The Morgan fingerprint density at radius 2 is 2.22 bits per heavy atom. The summed E-state index contributed by atoms with van der Waals surface area (Å²) in [5.74, 6) is -1.22. The summed E-state index contributed by atoms with van der Waals surface area (Å²) in [6.07, 6.45) is -3.33. The fraction of sp³-hybridized carbons (Fsp3) is 0.643. The van der Waals surface area contributed by atoms with Gasteiger partial charge in [-0.15, -0.1) is 11.3 Å². The summed E-state index contributed by atoms with van der Waals surface area (Å²) in [7, 11) is 0. The van der Waals surface area contributed by atoms with Crippen LogP contribution in [0.15, 0.2) is 5.38 Å². The molecule has 2 heterocycles. The maximum atomic E-state index is 12.1. The molecule has 0 radical (unpaired) electrons. The van der Waals surface area contributed by atoms with Gasteiger partial charge in [0.1, 0.15) is 13.0 Å². The molecule has 1 fully saturated rings. The minimum absolute atomic E-state index is 0.129. The van der Waals surface area contributed by atoms with Crippen molar-refractivity contribution in [3.05, 3.63) is 16.1 Å². The van der Waals surface area contributed by atoms with Crippen molar-refractivity contribution in [1.29, 1.82) is 0 Å². The first kappa shape index (κ1) is 17.7. The van der Waals surface area contributed by atoms with Crippen LogP contribution in [0.5, 0.6) is 0 Å². The fourth-order valence-electron chi connectivity index (χ4n) is 2.48. The van der Waals surface area contributed by atoms with Crippen molar-refractivity contribution < 1.29 is 22.8 Å². The number of nitrogens with zero attached hydrogens (tertiary/aromatic N) is 2. The van der Waals surface area contributed by atoms with E-state index in [-0.39, 0.29) is 5.92 Å². The summed E-state index contributed by atoms with van der Waals surface area (Å²) in [6, 6.07) is 0. The van der Waals surface area contributed by atoms with Crippen molar-refractivity contribution in [3.8, 4) is 0 Å². The Labute approximate surface area is 135 Å². The molecule has 0 saturated carbocycles. The first-order valence-corrected chi connectivity index (χ1v) is 8.16. The number of halogens is 3. The molecule has 2 rings (SSSR count). The second kappa shape index (κ2) is 7.29. The number of aromatic nitrogens is 1. The zero-order valence-corrected chi connectivity index (χ0v) is 13.5. The number of likely N-dealkylation sites (tertiary alicyclic amines) is 1. The summed E-state index contributed by atoms with van der Waals surface area (Å²) >= 11 is 1.54. The van der Waals surface area contributed by atoms with E-state index in [1.807, 2.05) is 12.3 Å². The first-order valence-electron chi connectivity index (χ1n) is 7.28. The van der Waals surface area contributed by atoms with Crippen molar-refractivity contribution in [2.45, 2.75) is 38.3 Å². The number of hydrogen-bond acceptors (Lipinski definition) is 4. The van der Waals surface area contributed by atoms with Crippen LogP contribution in [0, 0.1) is 6.92 Å². The standard InChI is InChI=1S/C14H18F3N3O2S/c1-9-7-23-13(19-9)10-3-2-4-20(6-10)12(22)5-11(21)18-8-14(15,16)17/h7,10H,2-6,8H2,1H3,(H,18,21). The molecule has 1 aromatic rings. The van der Waals surface area contributed by atoms with Gasteiger partial charge < -0.3 is 10.2 Å². The van der Waals surface area contributed by atoms with Gasteiger partial charge >= 0.3 is 6.18 Å². The van der Waals surface area contributed by atoms with E-state index in [0.29, 0.717) is 13.1 Å². The molecule has 1 atom stereocenters. The van der Waals surface area contributed by atoms with Crippen molar-refractivity contribution in [3.63, 3.8) is 0 Å². The monoisotopic (exact) mass is 349 g/mol. The Bertz CT molecular complexity index is 574. The van der Waals surface area contributed by atoms with Gasteiger partial charge in [0.15, 0.2) is 0 Å². The Hall–Kier alpha value is -1.64. The summed E-state index contributed by atoms with van der Waals surface area (Å²) in [5, 5.41) is 4.62. The molecule has 9 heteroatoms. The zero-order valence-electron chi connectivity index (χ0n) is 12.7. The van der Waals surface area contributed by atoms with Crippen LogP contribution in [0.3, 0.4) is 0 Å². The van der Waals surface area contributed by atoms with Crippen LogP contribution in [0.1, 0.15) is 35.9 Å². The van der Waals surface area contributed by atoms with E-state index < -0.39 is 31.0 Å². The average Bonchev–Trinajstić information content (AvgIpc) is 2.91. The molecular formula is C14H18F3N3O2S. The molecule has 1 unspecified atom stereocenters. The summed E-state index contributed by atoms with van der Waals surface area (Å²) < 4.78 is 36.1. The maximum absolute atomic E-state index is 12.1. The highest BCUT2D eigenvalue weighted by Gasteiger charge is 2.30. The van der Waals surface area contributed by atoms with Gasteiger partial charge in [-0.1, -0.05) is 0 Å². The SMILES string of the molecule is Cc1csc(C2CCCN(C(=O)CC(=O)NCC(F)(F)F)C2)n1. The van der Waals surface area contributed by atoms with Crippen LogP contribution >= 0.6 is 11.3 Å². The minimum Gasteiger partial charge on any atom is -0.347 e. The number of carbonyl (C=O) groups excluding carboxylic acids is 2. The Kier molecular flexibility index (Phi) is 5.61. The Morgan fingerprint density at radius 3 is 2.83 bits per heavy atom. The Balaban J connectivity index is 1.85. The van der Waals surface area contributed by atoms with Gasteiger partial charge in [-0.25, -0.2) is 4.98 Å². The number of carbonyl (C=O) groups is 2. The molecule has 1 aromatic heterocycles. The van der Waals surface area contributed by atoms with Gasteiger partial charge in [0.05, 0.1) is 5.01 Å². The van der Waals surface area contributed by atoms with Crippen LogP contribution in [0.4, 0.5) is 13.2 Å². The molecule has 0 aliphatic carbocycles. The molecule has 2 amide bonds. The van der Waals surface area contributed by atoms with E-state index in [9.17, 15) is 22.8 Å². The van der Waals surface area contributed by atoms with Crippen molar-refractivity contribution in [2.75, 3.05) is 19.6 Å². The molecule has 1 aliphatic heterocycles. The second-order valence-corrected chi connectivity index (χ2v) is 6.46. The van der Waals surface area contributed by atoms with E-state index in [1.165, 1.54) is 4.90 Å². The largest absolute Gasteiger partial charge is 0.405 e. The van der Waals surface area contributed by atoms with Gasteiger partial charge in [0, 0.05) is 30.1 Å². The van der Waals surface area contributed by atoms with E-state index in [4.69, 9.17) is 0 Å². The van der Waals surface area contributed by atoms with Gasteiger partial charge in [-0.05, 0) is 19.8 Å². The molecule has 128 valence electrons. The third-order valence-corrected chi connectivity index (χ3v) is 4.68. The number of aryl methyl sites for hydroxylation is 1. The van der Waals surface area contributed by atoms with E-state index in [2.05, 4.69) is 4.98 Å². The van der Waals surface area contributed by atoms with Crippen LogP contribution in [0.25, 0.3) is 0 Å². The van der Waals surface area contributed by atoms with Crippen molar-refractivity contribution in [2.24, 2.45) is 0 Å². The van der Waals surface area contributed by atoms with Crippen molar-refractivity contribution in [1.82, 2.24) is 15.2 Å². The molecule has 1 saturated heterocycles.